The van der Waals surface area contributed by atoms with Crippen molar-refractivity contribution in [1.29, 1.82) is 0 Å². The maximum absolute atomic E-state index is 5.93. The Labute approximate surface area is 124 Å². The Morgan fingerprint density at radius 2 is 2.10 bits per heavy atom. The van der Waals surface area contributed by atoms with Crippen molar-refractivity contribution in [2.75, 3.05) is 7.11 Å². The lowest BCUT2D eigenvalue weighted by Crippen LogP contribution is -2.04. The summed E-state index contributed by atoms with van der Waals surface area (Å²) in [5.41, 5.74) is 1.81. The van der Waals surface area contributed by atoms with Crippen molar-refractivity contribution >= 4 is 11.6 Å². The molecule has 0 fully saturated rings. The van der Waals surface area contributed by atoms with E-state index in [1.165, 1.54) is 0 Å². The molecule has 0 aliphatic rings. The van der Waals surface area contributed by atoms with Crippen molar-refractivity contribution in [2.24, 2.45) is 0 Å². The zero-order valence-corrected chi connectivity index (χ0v) is 12.7. The first-order valence-corrected chi connectivity index (χ1v) is 7.07. The summed E-state index contributed by atoms with van der Waals surface area (Å²) in [5.74, 6) is 1.92. The number of ether oxygens (including phenoxy) is 2. The van der Waals surface area contributed by atoms with Crippen LogP contribution in [-0.2, 0) is 12.5 Å². The van der Waals surface area contributed by atoms with E-state index in [1.807, 2.05) is 35.1 Å². The van der Waals surface area contributed by atoms with Gasteiger partial charge in [-0.2, -0.15) is 5.10 Å². The number of rotatable bonds is 6. The Hall–Kier alpha value is -1.68. The summed E-state index contributed by atoms with van der Waals surface area (Å²) < 4.78 is 12.9. The van der Waals surface area contributed by atoms with Gasteiger partial charge in [0.1, 0.15) is 18.1 Å². The van der Waals surface area contributed by atoms with E-state index in [4.69, 9.17) is 21.1 Å². The SMILES string of the molecule is COc1ccc(OCc2ccn(C(C)C)n2)c(CCl)c1. The van der Waals surface area contributed by atoms with Crippen molar-refractivity contribution in [3.05, 3.63) is 41.7 Å². The number of halogens is 1. The Kier molecular flexibility index (Phi) is 4.90. The Morgan fingerprint density at radius 3 is 2.70 bits per heavy atom. The predicted molar refractivity (Wildman–Crippen MR) is 79.5 cm³/mol. The molecule has 1 aromatic carbocycles. The molecule has 0 saturated heterocycles. The van der Waals surface area contributed by atoms with Gasteiger partial charge in [-0.3, -0.25) is 4.68 Å². The molecule has 0 saturated carbocycles. The van der Waals surface area contributed by atoms with Crippen LogP contribution in [0, 0.1) is 0 Å². The third-order valence-electron chi connectivity index (χ3n) is 2.98. The van der Waals surface area contributed by atoms with Crippen LogP contribution in [0.4, 0.5) is 0 Å². The molecule has 0 aliphatic carbocycles. The zero-order chi connectivity index (χ0) is 14.5. The van der Waals surface area contributed by atoms with Gasteiger partial charge >= 0.3 is 0 Å². The predicted octanol–water partition coefficient (Wildman–Crippen LogP) is 3.79. The van der Waals surface area contributed by atoms with Gasteiger partial charge in [-0.15, -0.1) is 11.6 Å². The smallest absolute Gasteiger partial charge is 0.132 e. The molecule has 20 heavy (non-hydrogen) atoms. The minimum absolute atomic E-state index is 0.350. The molecule has 0 unspecified atom stereocenters. The highest BCUT2D eigenvalue weighted by atomic mass is 35.5. The van der Waals surface area contributed by atoms with E-state index < -0.39 is 0 Å². The largest absolute Gasteiger partial charge is 0.497 e. The topological polar surface area (TPSA) is 36.3 Å². The van der Waals surface area contributed by atoms with Gasteiger partial charge in [0.25, 0.3) is 0 Å². The third kappa shape index (κ3) is 3.45. The van der Waals surface area contributed by atoms with Crippen LogP contribution in [0.25, 0.3) is 0 Å². The number of benzene rings is 1. The van der Waals surface area contributed by atoms with Gasteiger partial charge < -0.3 is 9.47 Å². The lowest BCUT2D eigenvalue weighted by atomic mass is 10.2. The second kappa shape index (κ2) is 6.66. The molecule has 4 nitrogen and oxygen atoms in total. The summed E-state index contributed by atoms with van der Waals surface area (Å²) in [6, 6.07) is 7.93. The average molecular weight is 295 g/mol. The van der Waals surface area contributed by atoms with E-state index in [9.17, 15) is 0 Å². The quantitative estimate of drug-likeness (QED) is 0.761. The highest BCUT2D eigenvalue weighted by Crippen LogP contribution is 2.26. The van der Waals surface area contributed by atoms with Crippen LogP contribution in [0.1, 0.15) is 31.1 Å². The first kappa shape index (κ1) is 14.7. The van der Waals surface area contributed by atoms with Crippen LogP contribution >= 0.6 is 11.6 Å². The third-order valence-corrected chi connectivity index (χ3v) is 3.27. The van der Waals surface area contributed by atoms with Crippen LogP contribution in [0.15, 0.2) is 30.5 Å². The van der Waals surface area contributed by atoms with Gasteiger partial charge in [0.05, 0.1) is 18.7 Å². The molecular formula is C15H19ClN2O2. The Balaban J connectivity index is 2.06. The van der Waals surface area contributed by atoms with Gasteiger partial charge in [0.2, 0.25) is 0 Å². The van der Waals surface area contributed by atoms with E-state index >= 15 is 0 Å². The monoisotopic (exact) mass is 294 g/mol. The molecule has 2 rings (SSSR count). The van der Waals surface area contributed by atoms with E-state index in [0.29, 0.717) is 18.5 Å². The number of methoxy groups -OCH3 is 1. The van der Waals surface area contributed by atoms with Crippen LogP contribution in [0.2, 0.25) is 0 Å². The second-order valence-corrected chi connectivity index (χ2v) is 5.04. The van der Waals surface area contributed by atoms with E-state index in [1.54, 1.807) is 7.11 Å². The standard InChI is InChI=1S/C15H19ClN2O2/c1-11(2)18-7-6-13(17-18)10-20-15-5-4-14(19-3)8-12(15)9-16/h4-8,11H,9-10H2,1-3H3. The zero-order valence-electron chi connectivity index (χ0n) is 12.0. The molecule has 0 N–H and O–H groups in total. The van der Waals surface area contributed by atoms with Crippen molar-refractivity contribution in [1.82, 2.24) is 9.78 Å². The summed E-state index contributed by atoms with van der Waals surface area (Å²) >= 11 is 5.93. The molecule has 5 heteroatoms. The van der Waals surface area contributed by atoms with Crippen LogP contribution in [-0.4, -0.2) is 16.9 Å². The van der Waals surface area contributed by atoms with Crippen molar-refractivity contribution < 1.29 is 9.47 Å². The molecular weight excluding hydrogens is 276 g/mol. The summed E-state index contributed by atoms with van der Waals surface area (Å²) in [6.45, 7) is 4.61. The first-order chi connectivity index (χ1) is 9.63. The van der Waals surface area contributed by atoms with Gasteiger partial charge in [-0.1, -0.05) is 0 Å². The maximum Gasteiger partial charge on any atom is 0.132 e. The van der Waals surface area contributed by atoms with Crippen LogP contribution in [0.3, 0.4) is 0 Å². The number of hydrogen-bond donors (Lipinski definition) is 0. The summed E-state index contributed by atoms with van der Waals surface area (Å²) in [6.07, 6.45) is 1.96. The minimum atomic E-state index is 0.350. The number of alkyl halides is 1. The van der Waals surface area contributed by atoms with Crippen molar-refractivity contribution in [3.63, 3.8) is 0 Å². The van der Waals surface area contributed by atoms with Gasteiger partial charge in [-0.05, 0) is 38.1 Å². The van der Waals surface area contributed by atoms with Crippen molar-refractivity contribution in [3.8, 4) is 11.5 Å². The number of nitrogens with zero attached hydrogens (tertiary/aromatic N) is 2. The van der Waals surface area contributed by atoms with Gasteiger partial charge in [0.15, 0.2) is 0 Å². The fourth-order valence-electron chi connectivity index (χ4n) is 1.82. The lowest BCUT2D eigenvalue weighted by Gasteiger charge is -2.10. The number of hydrogen-bond acceptors (Lipinski definition) is 3. The highest BCUT2D eigenvalue weighted by molar-refractivity contribution is 6.17. The van der Waals surface area contributed by atoms with Crippen LogP contribution < -0.4 is 9.47 Å². The molecule has 0 radical (unpaired) electrons. The van der Waals surface area contributed by atoms with E-state index in [-0.39, 0.29) is 0 Å². The normalized spacial score (nSPS) is 10.8. The van der Waals surface area contributed by atoms with Crippen LogP contribution in [0.5, 0.6) is 11.5 Å². The second-order valence-electron chi connectivity index (χ2n) is 4.78. The Morgan fingerprint density at radius 1 is 1.30 bits per heavy atom. The lowest BCUT2D eigenvalue weighted by molar-refractivity contribution is 0.295. The summed E-state index contributed by atoms with van der Waals surface area (Å²) in [7, 11) is 1.63. The first-order valence-electron chi connectivity index (χ1n) is 6.53. The molecule has 2 aromatic rings. The van der Waals surface area contributed by atoms with Gasteiger partial charge in [-0.25, -0.2) is 0 Å². The number of aromatic nitrogens is 2. The minimum Gasteiger partial charge on any atom is -0.497 e. The van der Waals surface area contributed by atoms with E-state index in [2.05, 4.69) is 18.9 Å². The average Bonchev–Trinajstić information content (AvgIpc) is 2.94. The fraction of sp³-hybridized carbons (Fsp3) is 0.400. The molecule has 0 spiro atoms. The molecule has 1 heterocycles. The van der Waals surface area contributed by atoms with Gasteiger partial charge in [0, 0.05) is 17.8 Å². The van der Waals surface area contributed by atoms with E-state index in [0.717, 1.165) is 22.8 Å². The fourth-order valence-corrected chi connectivity index (χ4v) is 2.03. The molecule has 0 aliphatic heterocycles. The molecule has 0 bridgehead atoms. The summed E-state index contributed by atoms with van der Waals surface area (Å²) in [5, 5.41) is 4.45. The Bertz CT molecular complexity index is 567. The molecule has 0 amide bonds. The molecule has 1 aromatic heterocycles. The maximum atomic E-state index is 5.93. The summed E-state index contributed by atoms with van der Waals surface area (Å²) in [4.78, 5) is 0. The highest BCUT2D eigenvalue weighted by Gasteiger charge is 2.07. The molecule has 0 atom stereocenters. The van der Waals surface area contributed by atoms with Crippen molar-refractivity contribution in [2.45, 2.75) is 32.4 Å². The molecule has 108 valence electrons.